The van der Waals surface area contributed by atoms with Gasteiger partial charge in [-0.1, -0.05) is 6.07 Å². The summed E-state index contributed by atoms with van der Waals surface area (Å²) in [5.41, 5.74) is 7.72. The largest absolute Gasteiger partial charge is 0.504 e. The van der Waals surface area contributed by atoms with Crippen LogP contribution in [-0.2, 0) is 6.30 Å². The molecule has 0 amide bonds. The first kappa shape index (κ1) is 28.0. The van der Waals surface area contributed by atoms with E-state index in [0.717, 1.165) is 25.2 Å². The van der Waals surface area contributed by atoms with Crippen molar-refractivity contribution in [3.05, 3.63) is 60.9 Å². The standard InChI is InChI=1S/C25H24F4N8O.ClH/c1-38-20-6-2-5-18(26)23(20)24-31-8-7-21(35-24)34-22-10-19(36-9-3-4-16(30)14-36)17(12-32-22)15-11-33-37(13-15)25(27,28)29;/h2,5-8,10-13,16H,3-4,9,14,30H2,1H3,(H,31,32,34,35);1H/t16-;/m0./s1. The second-order valence-corrected chi connectivity index (χ2v) is 8.78. The van der Waals surface area contributed by atoms with Crippen LogP contribution in [0.1, 0.15) is 12.8 Å². The first-order chi connectivity index (χ1) is 18.2. The Labute approximate surface area is 227 Å². The van der Waals surface area contributed by atoms with Crippen LogP contribution in [0.15, 0.2) is 55.1 Å². The van der Waals surface area contributed by atoms with E-state index < -0.39 is 12.1 Å². The molecular formula is C25H25ClF4N8O. The van der Waals surface area contributed by atoms with Gasteiger partial charge in [0.2, 0.25) is 0 Å². The molecule has 39 heavy (non-hydrogen) atoms. The maximum atomic E-state index is 14.6. The first-order valence-electron chi connectivity index (χ1n) is 11.8. The zero-order chi connectivity index (χ0) is 26.9. The van der Waals surface area contributed by atoms with E-state index in [1.165, 1.54) is 31.6 Å². The van der Waals surface area contributed by atoms with Crippen LogP contribution in [0.3, 0.4) is 0 Å². The maximum absolute atomic E-state index is 14.6. The summed E-state index contributed by atoms with van der Waals surface area (Å²) in [5, 5.41) is 6.55. The van der Waals surface area contributed by atoms with Crippen molar-refractivity contribution in [2.45, 2.75) is 25.2 Å². The van der Waals surface area contributed by atoms with Gasteiger partial charge in [0.15, 0.2) is 5.82 Å². The summed E-state index contributed by atoms with van der Waals surface area (Å²) in [6.07, 6.45) is 2.11. The zero-order valence-corrected chi connectivity index (χ0v) is 21.5. The minimum absolute atomic E-state index is 0. The van der Waals surface area contributed by atoms with E-state index in [1.807, 2.05) is 4.90 Å². The van der Waals surface area contributed by atoms with E-state index in [4.69, 9.17) is 10.5 Å². The number of hydrogen-bond donors (Lipinski definition) is 2. The Morgan fingerprint density at radius 2 is 1.95 bits per heavy atom. The Hall–Kier alpha value is -3.97. The van der Waals surface area contributed by atoms with Gasteiger partial charge < -0.3 is 20.7 Å². The van der Waals surface area contributed by atoms with Crippen molar-refractivity contribution in [1.82, 2.24) is 24.7 Å². The molecule has 3 N–H and O–H groups in total. The van der Waals surface area contributed by atoms with Gasteiger partial charge in [-0.2, -0.15) is 9.78 Å². The van der Waals surface area contributed by atoms with Gasteiger partial charge in [0.1, 0.15) is 23.2 Å². The summed E-state index contributed by atoms with van der Waals surface area (Å²) >= 11 is 0. The number of nitrogens with zero attached hydrogens (tertiary/aromatic N) is 6. The van der Waals surface area contributed by atoms with Crippen molar-refractivity contribution in [1.29, 1.82) is 0 Å². The predicted molar refractivity (Wildman–Crippen MR) is 141 cm³/mol. The van der Waals surface area contributed by atoms with Crippen molar-refractivity contribution < 1.29 is 22.3 Å². The number of ether oxygens (including phenoxy) is 1. The normalized spacial score (nSPS) is 15.5. The van der Waals surface area contributed by atoms with Crippen LogP contribution in [0, 0.1) is 5.82 Å². The van der Waals surface area contributed by atoms with Crippen LogP contribution in [0.25, 0.3) is 22.5 Å². The SMILES string of the molecule is COc1cccc(F)c1-c1nccc(Nc2cc(N3CCC[C@H](N)C3)c(-c3cnn(C(F)(F)F)c3)cn2)n1.Cl. The average Bonchev–Trinajstić information content (AvgIpc) is 3.40. The number of aromatic nitrogens is 5. The number of hydrogen-bond acceptors (Lipinski definition) is 8. The fraction of sp³-hybridized carbons (Fsp3) is 0.280. The second-order valence-electron chi connectivity index (χ2n) is 8.78. The molecule has 4 aromatic rings. The summed E-state index contributed by atoms with van der Waals surface area (Å²) < 4.78 is 59.3. The van der Waals surface area contributed by atoms with Gasteiger partial charge in [-0.25, -0.2) is 19.3 Å². The van der Waals surface area contributed by atoms with Gasteiger partial charge >= 0.3 is 6.30 Å². The molecule has 0 bridgehead atoms. The Balaban J connectivity index is 0.00000353. The van der Waals surface area contributed by atoms with Gasteiger partial charge in [-0.05, 0) is 31.0 Å². The Kier molecular flexibility index (Phi) is 8.21. The molecular weight excluding hydrogens is 540 g/mol. The smallest absolute Gasteiger partial charge is 0.496 e. The van der Waals surface area contributed by atoms with Crippen LogP contribution < -0.4 is 20.7 Å². The van der Waals surface area contributed by atoms with E-state index in [2.05, 4.69) is 25.4 Å². The summed E-state index contributed by atoms with van der Waals surface area (Å²) in [6, 6.07) is 7.67. The molecule has 1 aliphatic heterocycles. The lowest BCUT2D eigenvalue weighted by atomic mass is 10.0. The number of anilines is 3. The third kappa shape index (κ3) is 6.04. The molecule has 0 aliphatic carbocycles. The zero-order valence-electron chi connectivity index (χ0n) is 20.7. The number of benzene rings is 1. The van der Waals surface area contributed by atoms with Crippen LogP contribution in [-0.4, -0.2) is 51.0 Å². The highest BCUT2D eigenvalue weighted by molar-refractivity contribution is 5.85. The molecule has 206 valence electrons. The van der Waals surface area contributed by atoms with E-state index in [-0.39, 0.29) is 45.8 Å². The Bertz CT molecular complexity index is 1450. The number of nitrogens with two attached hydrogens (primary N) is 1. The van der Waals surface area contributed by atoms with Gasteiger partial charge in [0.05, 0.1) is 18.9 Å². The molecule has 3 aromatic heterocycles. The average molecular weight is 565 g/mol. The quantitative estimate of drug-likeness (QED) is 0.311. The van der Waals surface area contributed by atoms with Gasteiger partial charge in [-0.15, -0.1) is 25.6 Å². The lowest BCUT2D eigenvalue weighted by molar-refractivity contribution is -0.212. The summed E-state index contributed by atoms with van der Waals surface area (Å²) in [5.74, 6) is 0.589. The third-order valence-corrected chi connectivity index (χ3v) is 6.16. The van der Waals surface area contributed by atoms with Crippen LogP contribution in [0.2, 0.25) is 0 Å². The van der Waals surface area contributed by atoms with E-state index in [1.54, 1.807) is 18.2 Å². The van der Waals surface area contributed by atoms with Crippen molar-refractivity contribution in [2.24, 2.45) is 5.73 Å². The van der Waals surface area contributed by atoms with E-state index >= 15 is 0 Å². The number of pyridine rings is 1. The third-order valence-electron chi connectivity index (χ3n) is 6.16. The van der Waals surface area contributed by atoms with Gasteiger partial charge in [0, 0.05) is 60.6 Å². The Morgan fingerprint density at radius 3 is 2.67 bits per heavy atom. The van der Waals surface area contributed by atoms with Crippen LogP contribution in [0.4, 0.5) is 34.9 Å². The van der Waals surface area contributed by atoms with Crippen LogP contribution in [0.5, 0.6) is 5.75 Å². The molecule has 0 radical (unpaired) electrons. The topological polar surface area (TPSA) is 107 Å². The van der Waals surface area contributed by atoms with Crippen LogP contribution >= 0.6 is 12.4 Å². The lowest BCUT2D eigenvalue weighted by Gasteiger charge is -2.34. The molecule has 0 unspecified atom stereocenters. The molecule has 5 rings (SSSR count). The van der Waals surface area contributed by atoms with Crippen molar-refractivity contribution in [3.8, 4) is 28.3 Å². The number of nitrogens with one attached hydrogen (secondary N) is 1. The Morgan fingerprint density at radius 1 is 1.13 bits per heavy atom. The molecule has 1 fully saturated rings. The molecule has 0 spiro atoms. The highest BCUT2D eigenvalue weighted by Crippen LogP contribution is 2.36. The monoisotopic (exact) mass is 564 g/mol. The number of halogens is 5. The molecule has 14 heteroatoms. The second kappa shape index (κ2) is 11.4. The fourth-order valence-corrected chi connectivity index (χ4v) is 4.40. The number of alkyl halides is 3. The molecule has 9 nitrogen and oxygen atoms in total. The molecule has 1 atom stereocenters. The van der Waals surface area contributed by atoms with E-state index in [9.17, 15) is 17.6 Å². The molecule has 1 aliphatic rings. The minimum Gasteiger partial charge on any atom is -0.496 e. The lowest BCUT2D eigenvalue weighted by Crippen LogP contribution is -2.43. The highest BCUT2D eigenvalue weighted by atomic mass is 35.5. The number of methoxy groups -OCH3 is 1. The molecule has 1 aromatic carbocycles. The summed E-state index contributed by atoms with van der Waals surface area (Å²) in [7, 11) is 1.43. The van der Waals surface area contributed by atoms with Crippen molar-refractivity contribution in [3.63, 3.8) is 0 Å². The molecule has 1 saturated heterocycles. The number of rotatable bonds is 6. The number of piperidine rings is 1. The van der Waals surface area contributed by atoms with E-state index in [0.29, 0.717) is 36.0 Å². The molecule has 4 heterocycles. The predicted octanol–water partition coefficient (Wildman–Crippen LogP) is 5.12. The van der Waals surface area contributed by atoms with Crippen molar-refractivity contribution >= 4 is 29.7 Å². The maximum Gasteiger partial charge on any atom is 0.504 e. The van der Waals surface area contributed by atoms with Gasteiger partial charge in [-0.3, -0.25) is 0 Å². The fourth-order valence-electron chi connectivity index (χ4n) is 4.40. The minimum atomic E-state index is -4.63. The molecule has 0 saturated carbocycles. The highest BCUT2D eigenvalue weighted by Gasteiger charge is 2.32. The van der Waals surface area contributed by atoms with Gasteiger partial charge in [0.25, 0.3) is 0 Å². The summed E-state index contributed by atoms with van der Waals surface area (Å²) in [6.45, 7) is 1.22. The van der Waals surface area contributed by atoms with Crippen molar-refractivity contribution in [2.75, 3.05) is 30.4 Å². The first-order valence-corrected chi connectivity index (χ1v) is 11.8. The summed E-state index contributed by atoms with van der Waals surface area (Å²) in [4.78, 5) is 15.0.